The molecule has 0 saturated heterocycles. The SMILES string of the molecule is Cc1cc(Cl)c(C(=O)N=C=[Se])c(C)n1. The molecule has 0 N–H and O–H groups in total. The Balaban J connectivity index is 3.34. The minimum absolute atomic E-state index is 0.333. The quantitative estimate of drug-likeness (QED) is 0.576. The average Bonchev–Trinajstić information content (AvgIpc) is 2.01. The summed E-state index contributed by atoms with van der Waals surface area (Å²) in [6, 6.07) is 1.64. The molecule has 0 spiro atoms. The van der Waals surface area contributed by atoms with Crippen molar-refractivity contribution >= 4 is 37.8 Å². The summed E-state index contributed by atoms with van der Waals surface area (Å²) in [5.41, 5.74) is 1.69. The van der Waals surface area contributed by atoms with E-state index in [2.05, 4.69) is 30.3 Å². The van der Waals surface area contributed by atoms with Gasteiger partial charge < -0.3 is 0 Å². The van der Waals surface area contributed by atoms with Crippen molar-refractivity contribution in [2.75, 3.05) is 0 Å². The number of aryl methyl sites for hydroxylation is 2. The van der Waals surface area contributed by atoms with Crippen LogP contribution >= 0.6 is 11.6 Å². The topological polar surface area (TPSA) is 42.3 Å². The summed E-state index contributed by atoms with van der Waals surface area (Å²) < 4.78 is 2.30. The molecule has 1 aromatic heterocycles. The maximum atomic E-state index is 11.4. The fourth-order valence-electron chi connectivity index (χ4n) is 1.14. The first-order valence-corrected chi connectivity index (χ1v) is 5.05. The van der Waals surface area contributed by atoms with Gasteiger partial charge in [-0.2, -0.15) is 0 Å². The van der Waals surface area contributed by atoms with E-state index in [1.54, 1.807) is 13.0 Å². The summed E-state index contributed by atoms with van der Waals surface area (Å²) in [4.78, 5) is 19.0. The van der Waals surface area contributed by atoms with Crippen LogP contribution in [0.4, 0.5) is 0 Å². The summed E-state index contributed by atoms with van der Waals surface area (Å²) in [7, 11) is 0. The molecular formula is C9H7ClN2OSe. The van der Waals surface area contributed by atoms with E-state index in [-0.39, 0.29) is 0 Å². The van der Waals surface area contributed by atoms with Crippen molar-refractivity contribution in [2.24, 2.45) is 4.99 Å². The van der Waals surface area contributed by atoms with E-state index in [0.717, 1.165) is 5.69 Å². The number of hydrogen-bond donors (Lipinski definition) is 0. The number of aromatic nitrogens is 1. The number of pyridine rings is 1. The third-order valence-electron chi connectivity index (χ3n) is 1.64. The Morgan fingerprint density at radius 1 is 1.64 bits per heavy atom. The molecule has 0 aromatic carbocycles. The third kappa shape index (κ3) is 2.37. The molecule has 0 aliphatic carbocycles. The zero-order valence-corrected chi connectivity index (χ0v) is 10.1. The molecule has 14 heavy (non-hydrogen) atoms. The van der Waals surface area contributed by atoms with Crippen LogP contribution in [0.15, 0.2) is 11.1 Å². The molecule has 1 amide bonds. The van der Waals surface area contributed by atoms with Gasteiger partial charge in [0.25, 0.3) is 0 Å². The monoisotopic (exact) mass is 274 g/mol. The number of carbonyl (C=O) groups excluding carboxylic acids is 1. The zero-order valence-electron chi connectivity index (χ0n) is 7.67. The van der Waals surface area contributed by atoms with Crippen LogP contribution in [0.25, 0.3) is 0 Å². The van der Waals surface area contributed by atoms with Crippen LogP contribution < -0.4 is 0 Å². The van der Waals surface area contributed by atoms with E-state index in [1.165, 1.54) is 0 Å². The van der Waals surface area contributed by atoms with Gasteiger partial charge in [-0.25, -0.2) is 0 Å². The number of aliphatic imine (C=N–C) groups is 1. The Kier molecular flexibility index (Phi) is 3.73. The van der Waals surface area contributed by atoms with Crippen molar-refractivity contribution in [3.63, 3.8) is 0 Å². The maximum absolute atomic E-state index is 11.4. The van der Waals surface area contributed by atoms with Crippen molar-refractivity contribution in [1.82, 2.24) is 4.98 Å². The van der Waals surface area contributed by atoms with E-state index in [1.807, 2.05) is 6.92 Å². The number of halogens is 1. The van der Waals surface area contributed by atoms with Gasteiger partial charge in [-0.1, -0.05) is 0 Å². The van der Waals surface area contributed by atoms with E-state index in [0.29, 0.717) is 16.3 Å². The molecule has 5 heteroatoms. The first-order chi connectivity index (χ1) is 6.56. The summed E-state index contributed by atoms with van der Waals surface area (Å²) in [6.07, 6.45) is 0. The molecule has 0 unspecified atom stereocenters. The predicted molar refractivity (Wildman–Crippen MR) is 56.2 cm³/mol. The first-order valence-electron chi connectivity index (χ1n) is 3.82. The van der Waals surface area contributed by atoms with Crippen LogP contribution in [-0.4, -0.2) is 31.2 Å². The molecule has 1 heterocycles. The second-order valence-electron chi connectivity index (χ2n) is 2.71. The molecule has 3 nitrogen and oxygen atoms in total. The second-order valence-corrected chi connectivity index (χ2v) is 3.50. The predicted octanol–water partition coefficient (Wildman–Crippen LogP) is 1.57. The number of nitrogens with zero attached hydrogens (tertiary/aromatic N) is 2. The Hall–Kier alpha value is -0.791. The molecule has 1 rings (SSSR count). The summed E-state index contributed by atoms with van der Waals surface area (Å²) in [6.45, 7) is 3.54. The molecule has 1 aromatic rings. The van der Waals surface area contributed by atoms with Gasteiger partial charge in [0.05, 0.1) is 0 Å². The minimum atomic E-state index is -0.432. The van der Waals surface area contributed by atoms with Crippen molar-refractivity contribution in [3.05, 3.63) is 28.0 Å². The van der Waals surface area contributed by atoms with Gasteiger partial charge in [-0.05, 0) is 0 Å². The van der Waals surface area contributed by atoms with E-state index in [9.17, 15) is 4.79 Å². The first kappa shape index (κ1) is 11.3. The molecular weight excluding hydrogens is 267 g/mol. The van der Waals surface area contributed by atoms with Crippen LogP contribution in [0.1, 0.15) is 21.7 Å². The number of amides is 1. The fourth-order valence-corrected chi connectivity index (χ4v) is 1.68. The van der Waals surface area contributed by atoms with Crippen LogP contribution in [0, 0.1) is 13.8 Å². The zero-order chi connectivity index (χ0) is 10.7. The van der Waals surface area contributed by atoms with Gasteiger partial charge in [-0.15, -0.1) is 0 Å². The number of hydrogen-bond acceptors (Lipinski definition) is 2. The standard InChI is InChI=1S/C9H7ClN2OSe/c1-5-3-7(10)8(6(2)12-5)9(13)11-4-14/h3H,1-2H3. The summed E-state index contributed by atoms with van der Waals surface area (Å²) in [5.74, 6) is -0.432. The molecule has 0 saturated carbocycles. The molecule has 0 bridgehead atoms. The average molecular weight is 274 g/mol. The Morgan fingerprint density at radius 2 is 2.29 bits per heavy atom. The van der Waals surface area contributed by atoms with Crippen molar-refractivity contribution in [1.29, 1.82) is 0 Å². The Labute approximate surface area is 94.6 Å². The van der Waals surface area contributed by atoms with Crippen LogP contribution in [0.2, 0.25) is 5.02 Å². The Morgan fingerprint density at radius 3 is 2.79 bits per heavy atom. The molecule has 0 aliphatic heterocycles. The van der Waals surface area contributed by atoms with Crippen LogP contribution in [0.3, 0.4) is 0 Å². The van der Waals surface area contributed by atoms with E-state index < -0.39 is 5.91 Å². The van der Waals surface area contributed by atoms with Crippen molar-refractivity contribution < 1.29 is 4.79 Å². The van der Waals surface area contributed by atoms with E-state index >= 15 is 0 Å². The van der Waals surface area contributed by atoms with Gasteiger partial charge in [0.1, 0.15) is 0 Å². The fraction of sp³-hybridized carbons (Fsp3) is 0.222. The van der Waals surface area contributed by atoms with E-state index in [4.69, 9.17) is 11.6 Å². The Bertz CT molecular complexity index is 415. The second kappa shape index (κ2) is 4.63. The third-order valence-corrected chi connectivity index (χ3v) is 2.13. The van der Waals surface area contributed by atoms with Gasteiger partial charge in [-0.3, -0.25) is 0 Å². The number of carbonyl (C=O) groups is 1. The van der Waals surface area contributed by atoms with Crippen LogP contribution in [-0.2, 0) is 0 Å². The molecule has 0 radical (unpaired) electrons. The number of rotatable bonds is 1. The van der Waals surface area contributed by atoms with Gasteiger partial charge in [0, 0.05) is 0 Å². The van der Waals surface area contributed by atoms with Gasteiger partial charge >= 0.3 is 94.5 Å². The van der Waals surface area contributed by atoms with Crippen molar-refractivity contribution in [2.45, 2.75) is 13.8 Å². The molecule has 0 atom stereocenters. The van der Waals surface area contributed by atoms with Crippen LogP contribution in [0.5, 0.6) is 0 Å². The summed E-state index contributed by atoms with van der Waals surface area (Å²) >= 11 is 8.30. The molecule has 0 fully saturated rings. The molecule has 0 aliphatic rings. The normalized spacial score (nSPS) is 9.36. The van der Waals surface area contributed by atoms with Gasteiger partial charge in [0.2, 0.25) is 0 Å². The van der Waals surface area contributed by atoms with Gasteiger partial charge in [0.15, 0.2) is 0 Å². The summed E-state index contributed by atoms with van der Waals surface area (Å²) in [5, 5.41) is 0.374. The molecule has 72 valence electrons. The van der Waals surface area contributed by atoms with Crippen molar-refractivity contribution in [3.8, 4) is 0 Å².